The van der Waals surface area contributed by atoms with Gasteiger partial charge in [0, 0.05) is 18.8 Å². The summed E-state index contributed by atoms with van der Waals surface area (Å²) in [6, 6.07) is 5.86. The normalized spacial score (nSPS) is 10.3. The van der Waals surface area contributed by atoms with Crippen LogP contribution in [-0.4, -0.2) is 13.1 Å². The molecule has 0 heterocycles. The highest BCUT2D eigenvalue weighted by molar-refractivity contribution is 5.69. The lowest BCUT2D eigenvalue weighted by atomic mass is 10.2. The summed E-state index contributed by atoms with van der Waals surface area (Å²) in [4.78, 5) is 2.32. The number of benzene rings is 1. The fraction of sp³-hybridized carbons (Fsp3) is 0.500. The number of nitrogen functional groups attached to an aromatic ring is 2. The average Bonchev–Trinajstić information content (AvgIpc) is 2.24. The number of rotatable bonds is 5. The summed E-state index contributed by atoms with van der Waals surface area (Å²) in [5.41, 5.74) is 14.0. The van der Waals surface area contributed by atoms with E-state index in [0.29, 0.717) is 11.4 Å². The van der Waals surface area contributed by atoms with E-state index in [2.05, 4.69) is 18.7 Å². The number of nitrogens with zero attached hydrogens (tertiary/aromatic N) is 1. The SMILES string of the molecule is CCCCN(CC)c1ccc(N)c(N)c1. The maximum absolute atomic E-state index is 5.79. The molecule has 0 aromatic heterocycles. The second kappa shape index (κ2) is 5.49. The van der Waals surface area contributed by atoms with Crippen molar-refractivity contribution in [1.29, 1.82) is 0 Å². The Kier molecular flexibility index (Phi) is 4.28. The van der Waals surface area contributed by atoms with Crippen molar-refractivity contribution in [2.75, 3.05) is 29.5 Å². The molecule has 0 spiro atoms. The van der Waals surface area contributed by atoms with E-state index in [9.17, 15) is 0 Å². The lowest BCUT2D eigenvalue weighted by molar-refractivity contribution is 0.732. The molecule has 0 bridgehead atoms. The maximum Gasteiger partial charge on any atom is 0.0568 e. The Morgan fingerprint density at radius 3 is 2.40 bits per heavy atom. The van der Waals surface area contributed by atoms with Gasteiger partial charge in [-0.1, -0.05) is 13.3 Å². The van der Waals surface area contributed by atoms with Crippen LogP contribution in [0.1, 0.15) is 26.7 Å². The second-order valence-electron chi connectivity index (χ2n) is 3.75. The molecule has 1 aromatic rings. The lowest BCUT2D eigenvalue weighted by Crippen LogP contribution is -2.23. The average molecular weight is 207 g/mol. The van der Waals surface area contributed by atoms with Crippen molar-refractivity contribution < 1.29 is 0 Å². The Labute approximate surface area is 92.1 Å². The van der Waals surface area contributed by atoms with Crippen LogP contribution < -0.4 is 16.4 Å². The monoisotopic (exact) mass is 207 g/mol. The van der Waals surface area contributed by atoms with Crippen LogP contribution in [0.15, 0.2) is 18.2 Å². The summed E-state index contributed by atoms with van der Waals surface area (Å²) in [5.74, 6) is 0. The van der Waals surface area contributed by atoms with Gasteiger partial charge in [-0.2, -0.15) is 0 Å². The number of anilines is 3. The molecule has 0 saturated carbocycles. The largest absolute Gasteiger partial charge is 0.397 e. The van der Waals surface area contributed by atoms with Gasteiger partial charge in [-0.25, -0.2) is 0 Å². The van der Waals surface area contributed by atoms with Gasteiger partial charge in [0.2, 0.25) is 0 Å². The van der Waals surface area contributed by atoms with Crippen LogP contribution in [-0.2, 0) is 0 Å². The van der Waals surface area contributed by atoms with E-state index < -0.39 is 0 Å². The van der Waals surface area contributed by atoms with Gasteiger partial charge >= 0.3 is 0 Å². The van der Waals surface area contributed by atoms with Crippen LogP contribution >= 0.6 is 0 Å². The first-order valence-electron chi connectivity index (χ1n) is 5.59. The van der Waals surface area contributed by atoms with Crippen LogP contribution in [0.4, 0.5) is 17.1 Å². The van der Waals surface area contributed by atoms with E-state index in [4.69, 9.17) is 11.5 Å². The highest BCUT2D eigenvalue weighted by Crippen LogP contribution is 2.23. The Balaban J connectivity index is 2.78. The Hall–Kier alpha value is -1.38. The molecule has 0 unspecified atom stereocenters. The minimum atomic E-state index is 0.658. The second-order valence-corrected chi connectivity index (χ2v) is 3.75. The van der Waals surface area contributed by atoms with Crippen molar-refractivity contribution in [3.05, 3.63) is 18.2 Å². The summed E-state index contributed by atoms with van der Waals surface area (Å²) < 4.78 is 0. The van der Waals surface area contributed by atoms with Gasteiger partial charge in [0.15, 0.2) is 0 Å². The quantitative estimate of drug-likeness (QED) is 0.729. The molecule has 3 nitrogen and oxygen atoms in total. The summed E-state index contributed by atoms with van der Waals surface area (Å²) >= 11 is 0. The van der Waals surface area contributed by atoms with Crippen LogP contribution in [0.3, 0.4) is 0 Å². The predicted octanol–water partition coefficient (Wildman–Crippen LogP) is 2.48. The molecule has 1 aromatic carbocycles. The zero-order valence-electron chi connectivity index (χ0n) is 9.66. The standard InChI is InChI=1S/C12H21N3/c1-3-5-8-15(4-2)10-6-7-11(13)12(14)9-10/h6-7,9H,3-5,8,13-14H2,1-2H3. The highest BCUT2D eigenvalue weighted by atomic mass is 15.1. The lowest BCUT2D eigenvalue weighted by Gasteiger charge is -2.23. The van der Waals surface area contributed by atoms with Crippen molar-refractivity contribution >= 4 is 17.1 Å². The molecule has 0 atom stereocenters. The molecule has 3 heteroatoms. The first kappa shape index (κ1) is 11.7. The summed E-state index contributed by atoms with van der Waals surface area (Å²) in [6.45, 7) is 6.44. The topological polar surface area (TPSA) is 55.3 Å². The zero-order valence-corrected chi connectivity index (χ0v) is 9.66. The molecule has 84 valence electrons. The molecule has 0 fully saturated rings. The Morgan fingerprint density at radius 1 is 1.13 bits per heavy atom. The molecule has 0 aliphatic rings. The molecular formula is C12H21N3. The highest BCUT2D eigenvalue weighted by Gasteiger charge is 2.04. The van der Waals surface area contributed by atoms with Gasteiger partial charge in [-0.15, -0.1) is 0 Å². The number of unbranched alkanes of at least 4 members (excludes halogenated alkanes) is 1. The van der Waals surface area contributed by atoms with Crippen molar-refractivity contribution in [3.8, 4) is 0 Å². The molecular weight excluding hydrogens is 186 g/mol. The first-order valence-corrected chi connectivity index (χ1v) is 5.59. The van der Waals surface area contributed by atoms with E-state index >= 15 is 0 Å². The van der Waals surface area contributed by atoms with Gasteiger partial charge in [-0.3, -0.25) is 0 Å². The smallest absolute Gasteiger partial charge is 0.0568 e. The predicted molar refractivity (Wildman–Crippen MR) is 68.1 cm³/mol. The number of hydrogen-bond donors (Lipinski definition) is 2. The third-order valence-corrected chi connectivity index (χ3v) is 2.60. The summed E-state index contributed by atoms with van der Waals surface area (Å²) in [5, 5.41) is 0. The molecule has 0 radical (unpaired) electrons. The third-order valence-electron chi connectivity index (χ3n) is 2.60. The summed E-state index contributed by atoms with van der Waals surface area (Å²) in [7, 11) is 0. The first-order chi connectivity index (χ1) is 7.19. The van der Waals surface area contributed by atoms with Gasteiger partial charge in [0.05, 0.1) is 11.4 Å². The number of hydrogen-bond acceptors (Lipinski definition) is 3. The minimum absolute atomic E-state index is 0.658. The Morgan fingerprint density at radius 2 is 1.87 bits per heavy atom. The van der Waals surface area contributed by atoms with Crippen LogP contribution in [0, 0.1) is 0 Å². The van der Waals surface area contributed by atoms with Crippen molar-refractivity contribution in [2.24, 2.45) is 0 Å². The van der Waals surface area contributed by atoms with E-state index in [1.807, 2.05) is 18.2 Å². The van der Waals surface area contributed by atoms with Gasteiger partial charge < -0.3 is 16.4 Å². The van der Waals surface area contributed by atoms with Crippen LogP contribution in [0.2, 0.25) is 0 Å². The van der Waals surface area contributed by atoms with Crippen molar-refractivity contribution in [3.63, 3.8) is 0 Å². The van der Waals surface area contributed by atoms with Crippen LogP contribution in [0.5, 0.6) is 0 Å². The van der Waals surface area contributed by atoms with Crippen LogP contribution in [0.25, 0.3) is 0 Å². The third kappa shape index (κ3) is 3.05. The van der Waals surface area contributed by atoms with Crippen molar-refractivity contribution in [1.82, 2.24) is 0 Å². The van der Waals surface area contributed by atoms with Gasteiger partial charge in [0.1, 0.15) is 0 Å². The molecule has 0 saturated heterocycles. The van der Waals surface area contributed by atoms with E-state index in [1.54, 1.807) is 0 Å². The molecule has 0 aliphatic heterocycles. The molecule has 15 heavy (non-hydrogen) atoms. The zero-order chi connectivity index (χ0) is 11.3. The summed E-state index contributed by atoms with van der Waals surface area (Å²) in [6.07, 6.45) is 2.42. The fourth-order valence-corrected chi connectivity index (χ4v) is 1.58. The maximum atomic E-state index is 5.79. The number of nitrogens with two attached hydrogens (primary N) is 2. The molecule has 4 N–H and O–H groups in total. The fourth-order valence-electron chi connectivity index (χ4n) is 1.58. The van der Waals surface area contributed by atoms with E-state index in [1.165, 1.54) is 12.8 Å². The minimum Gasteiger partial charge on any atom is -0.397 e. The molecule has 0 aliphatic carbocycles. The molecule has 1 rings (SSSR count). The molecule has 0 amide bonds. The van der Waals surface area contributed by atoms with E-state index in [-0.39, 0.29) is 0 Å². The van der Waals surface area contributed by atoms with Gasteiger partial charge in [-0.05, 0) is 31.5 Å². The van der Waals surface area contributed by atoms with E-state index in [0.717, 1.165) is 18.8 Å². The van der Waals surface area contributed by atoms with Gasteiger partial charge in [0.25, 0.3) is 0 Å². The van der Waals surface area contributed by atoms with Crippen molar-refractivity contribution in [2.45, 2.75) is 26.7 Å². The Bertz CT molecular complexity index is 310.